The quantitative estimate of drug-likeness (QED) is 0.161. The summed E-state index contributed by atoms with van der Waals surface area (Å²) in [5.74, 6) is 2.75. The summed E-state index contributed by atoms with van der Waals surface area (Å²) in [6, 6.07) is 26.7. The first-order valence-corrected chi connectivity index (χ1v) is 20.3. The van der Waals surface area contributed by atoms with E-state index in [9.17, 15) is 9.90 Å². The normalized spacial score (nSPS) is 23.0. The van der Waals surface area contributed by atoms with Crippen LogP contribution in [0.2, 0.25) is 0 Å². The monoisotopic (exact) mass is 756 g/mol. The third-order valence-corrected chi connectivity index (χ3v) is 12.4. The number of fused-ring (bicyclic) bond motifs is 1. The molecule has 1 aliphatic carbocycles. The van der Waals surface area contributed by atoms with Gasteiger partial charge in [0.25, 0.3) is 0 Å². The highest BCUT2D eigenvalue weighted by molar-refractivity contribution is 5.98. The van der Waals surface area contributed by atoms with Gasteiger partial charge in [-0.3, -0.25) is 9.80 Å². The van der Waals surface area contributed by atoms with Gasteiger partial charge in [-0.2, -0.15) is 5.10 Å². The number of nitrogen functional groups attached to an aromatic ring is 1. The van der Waals surface area contributed by atoms with Crippen LogP contribution >= 0.6 is 0 Å². The van der Waals surface area contributed by atoms with Gasteiger partial charge in [-0.25, -0.2) is 19.4 Å². The Balaban J connectivity index is 0.748. The van der Waals surface area contributed by atoms with Crippen LogP contribution in [0.4, 0.5) is 22.0 Å². The molecule has 13 nitrogen and oxygen atoms in total. The van der Waals surface area contributed by atoms with E-state index in [0.29, 0.717) is 24.8 Å². The lowest BCUT2D eigenvalue weighted by atomic mass is 9.89. The Kier molecular flexibility index (Phi) is 10.5. The van der Waals surface area contributed by atoms with Crippen molar-refractivity contribution in [2.24, 2.45) is 5.92 Å². The van der Waals surface area contributed by atoms with Gasteiger partial charge in [0.15, 0.2) is 5.65 Å². The second-order valence-corrected chi connectivity index (χ2v) is 15.8. The maximum Gasteiger partial charge on any atom is 0.323 e. The number of carbonyl (C=O) groups is 1. The number of hydrogen-bond donors (Lipinski definition) is 3. The van der Waals surface area contributed by atoms with Crippen LogP contribution in [0.3, 0.4) is 0 Å². The minimum atomic E-state index is -0.755. The number of carbonyl (C=O) groups excluding carboxylic acids is 1. The van der Waals surface area contributed by atoms with E-state index in [1.54, 1.807) is 11.2 Å². The molecule has 0 radical (unpaired) electrons. The third-order valence-electron chi connectivity index (χ3n) is 12.4. The van der Waals surface area contributed by atoms with Gasteiger partial charge in [-0.15, -0.1) is 0 Å². The van der Waals surface area contributed by atoms with Crippen LogP contribution in [0.15, 0.2) is 85.2 Å². The molecule has 1 saturated carbocycles. The van der Waals surface area contributed by atoms with E-state index in [-0.39, 0.29) is 12.1 Å². The molecule has 1 atom stereocenters. The Morgan fingerprint density at radius 2 is 1.41 bits per heavy atom. The second kappa shape index (κ2) is 16.1. The van der Waals surface area contributed by atoms with Gasteiger partial charge < -0.3 is 30.7 Å². The number of anilines is 3. The average Bonchev–Trinajstić information content (AvgIpc) is 3.63. The first-order chi connectivity index (χ1) is 27.4. The molecule has 0 bridgehead atoms. The Bertz CT molecular complexity index is 2090. The number of amides is 2. The van der Waals surface area contributed by atoms with Crippen LogP contribution in [0.25, 0.3) is 22.3 Å². The molecular weight excluding hydrogens is 705 g/mol. The lowest BCUT2D eigenvalue weighted by Gasteiger charge is -2.43. The lowest BCUT2D eigenvalue weighted by molar-refractivity contribution is 0.0617. The van der Waals surface area contributed by atoms with Crippen molar-refractivity contribution in [3.8, 4) is 22.8 Å². The zero-order chi connectivity index (χ0) is 38.0. The summed E-state index contributed by atoms with van der Waals surface area (Å²) in [5.41, 5.74) is 11.1. The molecule has 5 heterocycles. The Hall–Kier alpha value is -5.24. The fraction of sp³-hybridized carbons (Fsp3) is 0.442. The number of aliphatic hydroxyl groups excluding tert-OH is 1. The smallest absolute Gasteiger partial charge is 0.323 e. The van der Waals surface area contributed by atoms with E-state index in [4.69, 9.17) is 20.6 Å². The Labute approximate surface area is 328 Å². The largest absolute Gasteiger partial charge is 0.457 e. The van der Waals surface area contributed by atoms with Crippen molar-refractivity contribution >= 4 is 34.3 Å². The number of urea groups is 1. The molecule has 3 aliphatic heterocycles. The first-order valence-electron chi connectivity index (χ1n) is 20.3. The van der Waals surface area contributed by atoms with Crippen molar-refractivity contribution in [2.45, 2.75) is 63.3 Å². The van der Waals surface area contributed by atoms with Crippen LogP contribution in [0.1, 0.15) is 51.0 Å². The van der Waals surface area contributed by atoms with Gasteiger partial charge in [0, 0.05) is 81.8 Å². The minimum absolute atomic E-state index is 0.240. The van der Waals surface area contributed by atoms with Crippen molar-refractivity contribution in [1.29, 1.82) is 0 Å². The maximum absolute atomic E-state index is 12.3. The van der Waals surface area contributed by atoms with Crippen LogP contribution in [0, 0.1) is 5.92 Å². The van der Waals surface area contributed by atoms with E-state index < -0.39 is 6.23 Å². The summed E-state index contributed by atoms with van der Waals surface area (Å²) in [6.45, 7) is 8.38. The van der Waals surface area contributed by atoms with E-state index >= 15 is 0 Å². The standard InChI is InChI=1S/C43H52N10O3/c44-41-39-40(31-6-16-37(17-7-31)56-36-4-2-1-3-5-36)48-53(42(39)46-29-45-41)35-14-10-33(11-15-35)51-26-24-49(25-27-51)28-30-18-21-50(22-19-30)32-8-12-34(13-9-32)52-23-20-38(54)47-43(52)55/h1-9,12-13,16-17,29-30,33,35,38,54H,10-11,14-15,18-28H2,(H,47,55)(H2,44,45,46). The van der Waals surface area contributed by atoms with Crippen LogP contribution in [0.5, 0.6) is 11.5 Å². The fourth-order valence-electron chi connectivity index (χ4n) is 9.21. The predicted molar refractivity (Wildman–Crippen MR) is 219 cm³/mol. The number of nitrogens with zero attached hydrogens (tertiary/aromatic N) is 8. The molecule has 4 aliphatic rings. The van der Waals surface area contributed by atoms with E-state index in [1.807, 2.05) is 66.7 Å². The SMILES string of the molecule is Nc1ncnc2c1c(-c1ccc(Oc3ccccc3)cc1)nn2C1CCC(N2CCN(CC3CCN(c4ccc(N5CCC(O)NC5=O)cc4)CC3)CC2)CC1. The molecule has 4 N–H and O–H groups in total. The van der Waals surface area contributed by atoms with Gasteiger partial charge >= 0.3 is 6.03 Å². The molecule has 4 fully saturated rings. The molecule has 5 aromatic rings. The second-order valence-electron chi connectivity index (χ2n) is 15.8. The van der Waals surface area contributed by atoms with Crippen molar-refractivity contribution in [3.63, 3.8) is 0 Å². The number of rotatable bonds is 9. The Morgan fingerprint density at radius 3 is 2.12 bits per heavy atom. The molecule has 9 rings (SSSR count). The fourth-order valence-corrected chi connectivity index (χ4v) is 9.21. The first kappa shape index (κ1) is 36.4. The zero-order valence-electron chi connectivity index (χ0n) is 31.9. The topological polar surface area (TPSA) is 141 Å². The minimum Gasteiger partial charge on any atom is -0.457 e. The van der Waals surface area contributed by atoms with Gasteiger partial charge in [0.2, 0.25) is 0 Å². The van der Waals surface area contributed by atoms with E-state index in [0.717, 1.165) is 110 Å². The summed E-state index contributed by atoms with van der Waals surface area (Å²) in [4.78, 5) is 30.9. The molecule has 2 amide bonds. The van der Waals surface area contributed by atoms with Crippen molar-refractivity contribution in [2.75, 3.05) is 67.9 Å². The number of nitrogens with one attached hydrogen (secondary N) is 1. The number of piperidine rings is 1. The van der Waals surface area contributed by atoms with Crippen LogP contribution < -0.4 is 25.6 Å². The molecule has 292 valence electrons. The van der Waals surface area contributed by atoms with Gasteiger partial charge in [0.1, 0.15) is 35.6 Å². The number of hydrogen-bond acceptors (Lipinski definition) is 10. The number of aliphatic hydroxyl groups is 1. The predicted octanol–water partition coefficient (Wildman–Crippen LogP) is 6.12. The van der Waals surface area contributed by atoms with Crippen molar-refractivity contribution < 1.29 is 14.6 Å². The van der Waals surface area contributed by atoms with E-state index in [1.165, 1.54) is 25.1 Å². The molecule has 2 aromatic heterocycles. The number of ether oxygens (including phenoxy) is 1. The maximum atomic E-state index is 12.3. The number of piperazine rings is 1. The van der Waals surface area contributed by atoms with Crippen molar-refractivity contribution in [3.05, 3.63) is 85.2 Å². The third kappa shape index (κ3) is 7.75. The van der Waals surface area contributed by atoms with Gasteiger partial charge in [-0.1, -0.05) is 18.2 Å². The highest BCUT2D eigenvalue weighted by atomic mass is 16.5. The summed E-state index contributed by atoms with van der Waals surface area (Å²) >= 11 is 0. The van der Waals surface area contributed by atoms with Crippen molar-refractivity contribution in [1.82, 2.24) is 34.9 Å². The summed E-state index contributed by atoms with van der Waals surface area (Å²) in [6.07, 6.45) is 8.16. The lowest BCUT2D eigenvalue weighted by Crippen LogP contribution is -2.52. The number of aromatic nitrogens is 4. The highest BCUT2D eigenvalue weighted by Gasteiger charge is 2.32. The van der Waals surface area contributed by atoms with Crippen LogP contribution in [-0.2, 0) is 0 Å². The molecule has 3 aromatic carbocycles. The number of para-hydroxylation sites is 1. The molecule has 0 spiro atoms. The zero-order valence-corrected chi connectivity index (χ0v) is 31.9. The van der Waals surface area contributed by atoms with E-state index in [2.05, 4.69) is 41.8 Å². The summed E-state index contributed by atoms with van der Waals surface area (Å²) in [5, 5.41) is 18.3. The van der Waals surface area contributed by atoms with Gasteiger partial charge in [-0.05, 0) is 105 Å². The number of nitrogens with two attached hydrogens (primary N) is 1. The molecule has 3 saturated heterocycles. The molecule has 13 heteroatoms. The van der Waals surface area contributed by atoms with Gasteiger partial charge in [0.05, 0.1) is 11.4 Å². The Morgan fingerprint density at radius 1 is 0.732 bits per heavy atom. The average molecular weight is 757 g/mol. The number of benzene rings is 3. The molecular formula is C43H52N10O3. The van der Waals surface area contributed by atoms with Crippen LogP contribution in [-0.4, -0.2) is 105 Å². The molecule has 1 unspecified atom stereocenters. The molecule has 56 heavy (non-hydrogen) atoms. The summed E-state index contributed by atoms with van der Waals surface area (Å²) in [7, 11) is 0. The summed E-state index contributed by atoms with van der Waals surface area (Å²) < 4.78 is 8.14. The highest BCUT2D eigenvalue weighted by Crippen LogP contribution is 2.38.